The summed E-state index contributed by atoms with van der Waals surface area (Å²) >= 11 is 0. The minimum Gasteiger partial charge on any atom is -0.480 e. The molecule has 1 atom stereocenters. The fraction of sp³-hybridized carbons (Fsp3) is 0.250. The second kappa shape index (κ2) is 9.62. The number of carboxylic acid groups (broad SMARTS) is 1. The number of aliphatic carboxylic acids is 1. The number of hydrogen-bond acceptors (Lipinski definition) is 4. The number of carbonyl (C=O) groups is 3. The molecule has 1 heterocycles. The highest BCUT2D eigenvalue weighted by molar-refractivity contribution is 5.85. The van der Waals surface area contributed by atoms with Gasteiger partial charge in [-0.15, -0.1) is 0 Å². The summed E-state index contributed by atoms with van der Waals surface area (Å²) in [4.78, 5) is 38.3. The summed E-state index contributed by atoms with van der Waals surface area (Å²) in [6.45, 7) is 0.509. The quantitative estimate of drug-likeness (QED) is 0.569. The van der Waals surface area contributed by atoms with Crippen LogP contribution in [0.1, 0.15) is 34.6 Å². The van der Waals surface area contributed by atoms with Crippen LogP contribution in [-0.2, 0) is 27.3 Å². The van der Waals surface area contributed by atoms with E-state index in [1.165, 1.54) is 4.90 Å². The summed E-state index contributed by atoms with van der Waals surface area (Å²) in [6.07, 6.45) is -0.328. The fourth-order valence-corrected chi connectivity index (χ4v) is 5.07. The van der Waals surface area contributed by atoms with Gasteiger partial charge in [0.05, 0.1) is 0 Å². The number of nitrogens with one attached hydrogen (secondary N) is 1. The van der Waals surface area contributed by atoms with E-state index >= 15 is 0 Å². The Bertz CT molecular complexity index is 1240. The summed E-state index contributed by atoms with van der Waals surface area (Å²) in [7, 11) is 0. The molecule has 7 nitrogen and oxygen atoms in total. The first-order valence-electron chi connectivity index (χ1n) is 11.7. The lowest BCUT2D eigenvalue weighted by Gasteiger charge is -2.34. The molecular weight excluding hydrogens is 444 g/mol. The zero-order valence-corrected chi connectivity index (χ0v) is 19.1. The second-order valence-corrected chi connectivity index (χ2v) is 8.85. The van der Waals surface area contributed by atoms with Crippen molar-refractivity contribution in [3.8, 4) is 11.1 Å². The van der Waals surface area contributed by atoms with E-state index in [4.69, 9.17) is 4.74 Å². The van der Waals surface area contributed by atoms with E-state index in [0.717, 1.165) is 33.4 Å². The number of rotatable bonds is 6. The predicted molar refractivity (Wildman–Crippen MR) is 130 cm³/mol. The van der Waals surface area contributed by atoms with Gasteiger partial charge < -0.3 is 20.1 Å². The van der Waals surface area contributed by atoms with Crippen LogP contribution in [0.15, 0.2) is 72.8 Å². The molecule has 0 aromatic heterocycles. The number of carbonyl (C=O) groups excluding carboxylic acids is 2. The number of fused-ring (bicyclic) bond motifs is 4. The van der Waals surface area contributed by atoms with Crippen molar-refractivity contribution in [1.82, 2.24) is 10.2 Å². The lowest BCUT2D eigenvalue weighted by Crippen LogP contribution is -2.49. The van der Waals surface area contributed by atoms with Gasteiger partial charge in [0.1, 0.15) is 12.6 Å². The van der Waals surface area contributed by atoms with Gasteiger partial charge in [-0.2, -0.15) is 0 Å². The average Bonchev–Trinajstić information content (AvgIpc) is 3.20. The summed E-state index contributed by atoms with van der Waals surface area (Å²) in [6, 6.07) is 22.8. The molecule has 2 aliphatic rings. The maximum absolute atomic E-state index is 12.8. The maximum Gasteiger partial charge on any atom is 0.407 e. The topological polar surface area (TPSA) is 95.9 Å². The zero-order valence-electron chi connectivity index (χ0n) is 19.1. The second-order valence-electron chi connectivity index (χ2n) is 8.85. The molecule has 2 N–H and O–H groups in total. The Labute approximate surface area is 203 Å². The van der Waals surface area contributed by atoms with Crippen LogP contribution in [0.4, 0.5) is 4.79 Å². The first-order valence-corrected chi connectivity index (χ1v) is 11.7. The van der Waals surface area contributed by atoms with Crippen LogP contribution in [-0.4, -0.2) is 47.2 Å². The number of hydrogen-bond donors (Lipinski definition) is 2. The van der Waals surface area contributed by atoms with Gasteiger partial charge in [0.25, 0.3) is 0 Å². The Morgan fingerprint density at radius 1 is 0.886 bits per heavy atom. The number of amides is 2. The number of carboxylic acids is 1. The lowest BCUT2D eigenvalue weighted by molar-refractivity contribution is -0.151. The molecule has 3 aromatic carbocycles. The highest BCUT2D eigenvalue weighted by Crippen LogP contribution is 2.44. The molecule has 0 spiro atoms. The smallest absolute Gasteiger partial charge is 0.407 e. The Morgan fingerprint density at radius 2 is 1.49 bits per heavy atom. The maximum atomic E-state index is 12.8. The largest absolute Gasteiger partial charge is 0.480 e. The van der Waals surface area contributed by atoms with E-state index in [-0.39, 0.29) is 44.4 Å². The Morgan fingerprint density at radius 3 is 2.14 bits per heavy atom. The lowest BCUT2D eigenvalue weighted by atomic mass is 9.93. The van der Waals surface area contributed by atoms with Crippen LogP contribution < -0.4 is 5.32 Å². The van der Waals surface area contributed by atoms with Crippen molar-refractivity contribution in [1.29, 1.82) is 0 Å². The van der Waals surface area contributed by atoms with Crippen LogP contribution >= 0.6 is 0 Å². The summed E-state index contributed by atoms with van der Waals surface area (Å²) in [5.41, 5.74) is 6.45. The third-order valence-corrected chi connectivity index (χ3v) is 6.81. The highest BCUT2D eigenvalue weighted by Gasteiger charge is 2.34. The summed E-state index contributed by atoms with van der Waals surface area (Å²) < 4.78 is 5.50. The summed E-state index contributed by atoms with van der Waals surface area (Å²) in [5.74, 6) is -1.39. The van der Waals surface area contributed by atoms with E-state index in [2.05, 4.69) is 29.6 Å². The highest BCUT2D eigenvalue weighted by atomic mass is 16.5. The molecule has 5 rings (SSSR count). The monoisotopic (exact) mass is 470 g/mol. The molecule has 1 aliphatic carbocycles. The van der Waals surface area contributed by atoms with Crippen LogP contribution in [0.25, 0.3) is 11.1 Å². The molecule has 0 bridgehead atoms. The van der Waals surface area contributed by atoms with Crippen LogP contribution in [0, 0.1) is 0 Å². The molecule has 1 aliphatic heterocycles. The van der Waals surface area contributed by atoms with Gasteiger partial charge in [0.2, 0.25) is 5.91 Å². The molecular formula is C28H26N2O5. The van der Waals surface area contributed by atoms with Gasteiger partial charge in [-0.25, -0.2) is 9.59 Å². The molecule has 0 unspecified atom stereocenters. The van der Waals surface area contributed by atoms with Crippen LogP contribution in [0.2, 0.25) is 0 Å². The van der Waals surface area contributed by atoms with E-state index < -0.39 is 18.1 Å². The molecule has 7 heteroatoms. The predicted octanol–water partition coefficient (Wildman–Crippen LogP) is 3.95. The first-order chi connectivity index (χ1) is 17.0. The van der Waals surface area contributed by atoms with Gasteiger partial charge in [-0.1, -0.05) is 72.8 Å². The minimum absolute atomic E-state index is 0.00383. The van der Waals surface area contributed by atoms with Gasteiger partial charge in [0.15, 0.2) is 0 Å². The Kier molecular flexibility index (Phi) is 6.23. The van der Waals surface area contributed by atoms with Crippen molar-refractivity contribution in [2.75, 3.05) is 13.2 Å². The molecule has 35 heavy (non-hydrogen) atoms. The molecule has 2 amide bonds. The van der Waals surface area contributed by atoms with Gasteiger partial charge in [-0.05, 0) is 33.4 Å². The molecule has 0 saturated carbocycles. The third kappa shape index (κ3) is 4.49. The van der Waals surface area contributed by atoms with Crippen molar-refractivity contribution in [2.24, 2.45) is 0 Å². The van der Waals surface area contributed by atoms with Crippen molar-refractivity contribution in [2.45, 2.75) is 31.3 Å². The van der Waals surface area contributed by atoms with E-state index in [0.29, 0.717) is 0 Å². The fourth-order valence-electron chi connectivity index (χ4n) is 5.07. The Hall–Kier alpha value is -4.13. The van der Waals surface area contributed by atoms with Crippen LogP contribution in [0.3, 0.4) is 0 Å². The van der Waals surface area contributed by atoms with E-state index in [9.17, 15) is 19.5 Å². The minimum atomic E-state index is -1.03. The molecule has 3 aromatic rings. The molecule has 0 saturated heterocycles. The normalized spacial score (nSPS) is 16.1. The van der Waals surface area contributed by atoms with Crippen molar-refractivity contribution in [3.05, 3.63) is 95.1 Å². The zero-order chi connectivity index (χ0) is 24.4. The van der Waals surface area contributed by atoms with Gasteiger partial charge in [-0.3, -0.25) is 4.79 Å². The number of nitrogens with zero attached hydrogens (tertiary/aromatic N) is 1. The van der Waals surface area contributed by atoms with Gasteiger partial charge >= 0.3 is 12.1 Å². The van der Waals surface area contributed by atoms with E-state index in [1.54, 1.807) is 0 Å². The van der Waals surface area contributed by atoms with Gasteiger partial charge in [0, 0.05) is 31.8 Å². The standard InChI is InChI=1S/C28H26N2O5/c31-26(30-16-19-8-2-1-7-18(19)15-25(30)27(32)33)13-14-29-28(34)35-17-24-22-11-5-3-9-20(22)21-10-4-6-12-23(21)24/h1-12,24-25H,13-17H2,(H,29,34)(H,32,33)/t25-/m0/s1. The Balaban J connectivity index is 1.15. The van der Waals surface area contributed by atoms with Crippen LogP contribution in [0.5, 0.6) is 0 Å². The molecule has 178 valence electrons. The number of alkyl carbamates (subject to hydrolysis) is 1. The van der Waals surface area contributed by atoms with E-state index in [1.807, 2.05) is 48.5 Å². The first kappa shape index (κ1) is 22.7. The SMILES string of the molecule is O=C(NCCC(=O)N1Cc2ccccc2C[C@H]1C(=O)O)OCC1c2ccccc2-c2ccccc21. The third-order valence-electron chi connectivity index (χ3n) is 6.81. The average molecular weight is 471 g/mol. The number of benzene rings is 3. The van der Waals surface area contributed by atoms with Crippen molar-refractivity contribution in [3.63, 3.8) is 0 Å². The number of ether oxygens (including phenoxy) is 1. The molecule has 0 radical (unpaired) electrons. The summed E-state index contributed by atoms with van der Waals surface area (Å²) in [5, 5.41) is 12.3. The van der Waals surface area contributed by atoms with Crippen molar-refractivity contribution >= 4 is 18.0 Å². The van der Waals surface area contributed by atoms with Crippen molar-refractivity contribution < 1.29 is 24.2 Å². The molecule has 0 fully saturated rings.